The van der Waals surface area contributed by atoms with E-state index in [0.717, 1.165) is 12.1 Å². The summed E-state index contributed by atoms with van der Waals surface area (Å²) in [6.07, 6.45) is 1.61. The molecule has 5 heteroatoms. The van der Waals surface area contributed by atoms with E-state index < -0.39 is 11.6 Å². The van der Waals surface area contributed by atoms with Crippen LogP contribution in [0.2, 0.25) is 0 Å². The zero-order valence-electron chi connectivity index (χ0n) is 10.2. The van der Waals surface area contributed by atoms with Crippen molar-refractivity contribution >= 4 is 5.69 Å². The molecule has 96 valence electrons. The molecule has 1 aromatic heterocycles. The third kappa shape index (κ3) is 2.86. The smallest absolute Gasteiger partial charge is 0.150 e. The Labute approximate surface area is 109 Å². The Hall–Kier alpha value is -2.48. The number of hydrogen-bond acceptors (Lipinski definition) is 3. The van der Waals surface area contributed by atoms with Crippen LogP contribution in [0, 0.1) is 23.0 Å². The Bertz CT molecular complexity index is 597. The van der Waals surface area contributed by atoms with E-state index in [0.29, 0.717) is 5.69 Å². The van der Waals surface area contributed by atoms with E-state index in [4.69, 9.17) is 5.26 Å². The number of aromatic nitrogens is 1. The molecule has 19 heavy (non-hydrogen) atoms. The number of benzene rings is 1. The van der Waals surface area contributed by atoms with E-state index in [1.54, 1.807) is 37.4 Å². The Kier molecular flexibility index (Phi) is 3.71. The molecule has 1 atom stereocenters. The summed E-state index contributed by atoms with van der Waals surface area (Å²) in [5.41, 5.74) is 0.369. The maximum atomic E-state index is 13.7. The molecule has 0 radical (unpaired) electrons. The van der Waals surface area contributed by atoms with Gasteiger partial charge in [-0.1, -0.05) is 6.07 Å². The normalized spacial score (nSPS) is 11.7. The highest BCUT2D eigenvalue weighted by atomic mass is 19.1. The lowest BCUT2D eigenvalue weighted by Gasteiger charge is -2.16. The first-order valence-electron chi connectivity index (χ1n) is 5.68. The summed E-state index contributed by atoms with van der Waals surface area (Å²) in [6, 6.07) is 8.67. The number of nitriles is 1. The first-order valence-corrected chi connectivity index (χ1v) is 5.68. The molecule has 0 aliphatic rings. The van der Waals surface area contributed by atoms with Gasteiger partial charge in [-0.25, -0.2) is 8.78 Å². The molecule has 0 bridgehead atoms. The lowest BCUT2D eigenvalue weighted by atomic mass is 10.1. The molecule has 0 spiro atoms. The average Bonchev–Trinajstić information content (AvgIpc) is 2.43. The number of pyridine rings is 1. The molecule has 2 rings (SSSR count). The van der Waals surface area contributed by atoms with Gasteiger partial charge in [0.2, 0.25) is 0 Å². The number of nitrogens with one attached hydrogen (secondary N) is 1. The van der Waals surface area contributed by atoms with Gasteiger partial charge >= 0.3 is 0 Å². The van der Waals surface area contributed by atoms with Gasteiger partial charge in [0.15, 0.2) is 11.6 Å². The van der Waals surface area contributed by atoms with Crippen LogP contribution in [0.15, 0.2) is 36.5 Å². The Morgan fingerprint density at radius 2 is 1.95 bits per heavy atom. The van der Waals surface area contributed by atoms with Crippen molar-refractivity contribution in [1.82, 2.24) is 4.98 Å². The SMILES string of the molecule is C[C@H](Nc1c(F)cc(C#N)cc1F)c1ccccn1. The van der Waals surface area contributed by atoms with Gasteiger partial charge in [-0.05, 0) is 31.2 Å². The standard InChI is InChI=1S/C14H11F2N3/c1-9(13-4-2-3-5-18-13)19-14-11(15)6-10(8-17)7-12(14)16/h2-7,9,19H,1H3/t9-/m0/s1. The van der Waals surface area contributed by atoms with Crippen LogP contribution < -0.4 is 5.32 Å². The lowest BCUT2D eigenvalue weighted by molar-refractivity contribution is 0.583. The molecule has 0 aliphatic carbocycles. The molecule has 0 amide bonds. The van der Waals surface area contributed by atoms with Crippen LogP contribution in [0.25, 0.3) is 0 Å². The molecule has 1 heterocycles. The topological polar surface area (TPSA) is 48.7 Å². The number of halogens is 2. The van der Waals surface area contributed by atoms with Crippen molar-refractivity contribution in [1.29, 1.82) is 5.26 Å². The van der Waals surface area contributed by atoms with Crippen LogP contribution in [0.3, 0.4) is 0 Å². The minimum Gasteiger partial charge on any atom is -0.372 e. The van der Waals surface area contributed by atoms with Gasteiger partial charge in [-0.15, -0.1) is 0 Å². The second-order valence-corrected chi connectivity index (χ2v) is 4.05. The lowest BCUT2D eigenvalue weighted by Crippen LogP contribution is -2.11. The predicted octanol–water partition coefficient (Wildman–Crippen LogP) is 3.40. The second kappa shape index (κ2) is 5.44. The molecule has 0 fully saturated rings. The molecular formula is C14H11F2N3. The molecule has 2 aromatic rings. The number of hydrogen-bond donors (Lipinski definition) is 1. The monoisotopic (exact) mass is 259 g/mol. The molecular weight excluding hydrogens is 248 g/mol. The number of rotatable bonds is 3. The fourth-order valence-corrected chi connectivity index (χ4v) is 1.70. The molecule has 0 unspecified atom stereocenters. The molecule has 1 N–H and O–H groups in total. The number of nitrogens with zero attached hydrogens (tertiary/aromatic N) is 2. The third-order valence-electron chi connectivity index (χ3n) is 2.66. The summed E-state index contributed by atoms with van der Waals surface area (Å²) >= 11 is 0. The van der Waals surface area contributed by atoms with Gasteiger partial charge in [0.05, 0.1) is 23.4 Å². The second-order valence-electron chi connectivity index (χ2n) is 4.05. The minimum absolute atomic E-state index is 0.0500. The van der Waals surface area contributed by atoms with Gasteiger partial charge in [-0.3, -0.25) is 4.98 Å². The van der Waals surface area contributed by atoms with Crippen LogP contribution in [-0.2, 0) is 0 Å². The van der Waals surface area contributed by atoms with Crippen molar-refractivity contribution in [2.45, 2.75) is 13.0 Å². The summed E-state index contributed by atoms with van der Waals surface area (Å²) in [6.45, 7) is 1.75. The summed E-state index contributed by atoms with van der Waals surface area (Å²) in [7, 11) is 0. The minimum atomic E-state index is -0.792. The van der Waals surface area contributed by atoms with Crippen molar-refractivity contribution < 1.29 is 8.78 Å². The van der Waals surface area contributed by atoms with Gasteiger partial charge in [0.1, 0.15) is 5.69 Å². The third-order valence-corrected chi connectivity index (χ3v) is 2.66. The first-order chi connectivity index (χ1) is 9.11. The highest BCUT2D eigenvalue weighted by Crippen LogP contribution is 2.24. The van der Waals surface area contributed by atoms with Crippen LogP contribution in [0.1, 0.15) is 24.2 Å². The zero-order valence-corrected chi connectivity index (χ0v) is 10.2. The summed E-state index contributed by atoms with van der Waals surface area (Å²) in [5, 5.41) is 11.3. The Morgan fingerprint density at radius 1 is 1.26 bits per heavy atom. The fourth-order valence-electron chi connectivity index (χ4n) is 1.70. The Balaban J connectivity index is 2.27. The molecule has 0 saturated carbocycles. The fraction of sp³-hybridized carbons (Fsp3) is 0.143. The van der Waals surface area contributed by atoms with E-state index in [9.17, 15) is 8.78 Å². The van der Waals surface area contributed by atoms with E-state index in [-0.39, 0.29) is 17.3 Å². The summed E-state index contributed by atoms with van der Waals surface area (Å²) in [4.78, 5) is 4.11. The molecule has 3 nitrogen and oxygen atoms in total. The molecule has 0 aliphatic heterocycles. The van der Waals surface area contributed by atoms with Crippen molar-refractivity contribution in [3.05, 3.63) is 59.4 Å². The number of anilines is 1. The predicted molar refractivity (Wildman–Crippen MR) is 67.3 cm³/mol. The van der Waals surface area contributed by atoms with Gasteiger partial charge in [0.25, 0.3) is 0 Å². The summed E-state index contributed by atoms with van der Waals surface area (Å²) < 4.78 is 27.4. The van der Waals surface area contributed by atoms with Gasteiger partial charge in [0, 0.05) is 6.20 Å². The average molecular weight is 259 g/mol. The Morgan fingerprint density at radius 3 is 2.47 bits per heavy atom. The maximum Gasteiger partial charge on any atom is 0.150 e. The van der Waals surface area contributed by atoms with Crippen LogP contribution >= 0.6 is 0 Å². The van der Waals surface area contributed by atoms with Crippen molar-refractivity contribution in [3.8, 4) is 6.07 Å². The zero-order chi connectivity index (χ0) is 13.8. The summed E-state index contributed by atoms with van der Waals surface area (Å²) in [5.74, 6) is -1.58. The van der Waals surface area contributed by atoms with Crippen LogP contribution in [0.5, 0.6) is 0 Å². The van der Waals surface area contributed by atoms with Crippen molar-refractivity contribution in [3.63, 3.8) is 0 Å². The largest absolute Gasteiger partial charge is 0.372 e. The first kappa shape index (κ1) is 13.0. The van der Waals surface area contributed by atoms with Crippen LogP contribution in [0.4, 0.5) is 14.5 Å². The van der Waals surface area contributed by atoms with Crippen molar-refractivity contribution in [2.75, 3.05) is 5.32 Å². The van der Waals surface area contributed by atoms with E-state index >= 15 is 0 Å². The highest BCUT2D eigenvalue weighted by Gasteiger charge is 2.15. The van der Waals surface area contributed by atoms with Gasteiger partial charge < -0.3 is 5.32 Å². The van der Waals surface area contributed by atoms with Crippen LogP contribution in [-0.4, -0.2) is 4.98 Å². The van der Waals surface area contributed by atoms with E-state index in [2.05, 4.69) is 10.3 Å². The van der Waals surface area contributed by atoms with Gasteiger partial charge in [-0.2, -0.15) is 5.26 Å². The molecule has 1 aromatic carbocycles. The maximum absolute atomic E-state index is 13.7. The van der Waals surface area contributed by atoms with Crippen molar-refractivity contribution in [2.24, 2.45) is 0 Å². The van der Waals surface area contributed by atoms with E-state index in [1.807, 2.05) is 0 Å². The highest BCUT2D eigenvalue weighted by molar-refractivity contribution is 5.51. The molecule has 0 saturated heterocycles. The quantitative estimate of drug-likeness (QED) is 0.918. The van der Waals surface area contributed by atoms with E-state index in [1.165, 1.54) is 0 Å².